The van der Waals surface area contributed by atoms with Crippen molar-refractivity contribution in [3.8, 4) is 10.6 Å². The molecule has 6 heteroatoms. The molecule has 1 N–H and O–H groups in total. The first-order valence-electron chi connectivity index (χ1n) is 6.07. The minimum Gasteiger partial charge on any atom is -0.477 e. The van der Waals surface area contributed by atoms with Crippen molar-refractivity contribution < 1.29 is 18.7 Å². The second kappa shape index (κ2) is 5.66. The van der Waals surface area contributed by atoms with E-state index in [9.17, 15) is 13.6 Å². The van der Waals surface area contributed by atoms with Crippen LogP contribution < -0.4 is 0 Å². The Bertz CT molecular complexity index is 653. The molecule has 0 amide bonds. The van der Waals surface area contributed by atoms with Gasteiger partial charge in [0.2, 0.25) is 0 Å². The predicted molar refractivity (Wildman–Crippen MR) is 73.0 cm³/mol. The lowest BCUT2D eigenvalue weighted by Crippen LogP contribution is -2.02. The molecule has 0 aliphatic heterocycles. The zero-order valence-electron chi connectivity index (χ0n) is 11.0. The lowest BCUT2D eigenvalue weighted by atomic mass is 10.1. The van der Waals surface area contributed by atoms with Crippen LogP contribution in [0.1, 0.15) is 29.2 Å². The van der Waals surface area contributed by atoms with E-state index in [1.165, 1.54) is 6.07 Å². The van der Waals surface area contributed by atoms with E-state index in [0.29, 0.717) is 12.1 Å². The van der Waals surface area contributed by atoms with Gasteiger partial charge in [-0.25, -0.2) is 18.6 Å². The van der Waals surface area contributed by atoms with Gasteiger partial charge in [0.05, 0.1) is 5.69 Å². The van der Waals surface area contributed by atoms with Crippen LogP contribution in [0.4, 0.5) is 8.78 Å². The van der Waals surface area contributed by atoms with Crippen molar-refractivity contribution in [2.45, 2.75) is 20.3 Å². The third-order valence-electron chi connectivity index (χ3n) is 2.65. The highest BCUT2D eigenvalue weighted by molar-refractivity contribution is 7.17. The third kappa shape index (κ3) is 3.01. The molecule has 0 aliphatic carbocycles. The summed E-state index contributed by atoms with van der Waals surface area (Å²) >= 11 is 0.910. The lowest BCUT2D eigenvalue weighted by Gasteiger charge is -2.01. The van der Waals surface area contributed by atoms with E-state index in [1.54, 1.807) is 0 Å². The van der Waals surface area contributed by atoms with Crippen molar-refractivity contribution in [2.75, 3.05) is 0 Å². The maximum atomic E-state index is 13.7. The number of carboxylic acid groups (broad SMARTS) is 1. The van der Waals surface area contributed by atoms with Crippen molar-refractivity contribution in [1.82, 2.24) is 4.98 Å². The molecule has 1 aromatic carbocycles. The van der Waals surface area contributed by atoms with Gasteiger partial charge in [0.1, 0.15) is 21.5 Å². The number of nitrogens with zero attached hydrogens (tertiary/aromatic N) is 1. The Hall–Kier alpha value is -1.82. The number of thiazole rings is 1. The highest BCUT2D eigenvalue weighted by Crippen LogP contribution is 2.31. The van der Waals surface area contributed by atoms with Crippen LogP contribution in [0, 0.1) is 17.6 Å². The first-order chi connectivity index (χ1) is 9.38. The molecule has 0 saturated heterocycles. The second-order valence-corrected chi connectivity index (χ2v) is 5.82. The molecule has 1 heterocycles. The van der Waals surface area contributed by atoms with E-state index in [4.69, 9.17) is 5.11 Å². The summed E-state index contributed by atoms with van der Waals surface area (Å²) < 4.78 is 26.6. The standard InChI is InChI=1S/C14H13F2NO2S/c1-7(2)5-11-12(14(18)19)20-13(17-11)9-4-3-8(15)6-10(9)16/h3-4,6-7H,5H2,1-2H3,(H,18,19). The van der Waals surface area contributed by atoms with Crippen molar-refractivity contribution in [2.24, 2.45) is 5.92 Å². The molecule has 1 aromatic heterocycles. The van der Waals surface area contributed by atoms with E-state index in [2.05, 4.69) is 4.98 Å². The molecule has 0 aliphatic rings. The van der Waals surface area contributed by atoms with Crippen LogP contribution in [0.3, 0.4) is 0 Å². The zero-order valence-corrected chi connectivity index (χ0v) is 11.8. The molecule has 0 fully saturated rings. The number of rotatable bonds is 4. The number of benzene rings is 1. The average molecular weight is 297 g/mol. The number of hydrogen-bond acceptors (Lipinski definition) is 3. The summed E-state index contributed by atoms with van der Waals surface area (Å²) in [5.41, 5.74) is 0.560. The first kappa shape index (κ1) is 14.6. The smallest absolute Gasteiger partial charge is 0.347 e. The van der Waals surface area contributed by atoms with Crippen LogP contribution in [0.5, 0.6) is 0 Å². The van der Waals surface area contributed by atoms with Gasteiger partial charge in [-0.2, -0.15) is 0 Å². The largest absolute Gasteiger partial charge is 0.477 e. The molecule has 0 spiro atoms. The number of halogens is 2. The van der Waals surface area contributed by atoms with Gasteiger partial charge in [-0.1, -0.05) is 13.8 Å². The molecule has 0 radical (unpaired) electrons. The Labute approximate surface area is 118 Å². The summed E-state index contributed by atoms with van der Waals surface area (Å²) in [7, 11) is 0. The summed E-state index contributed by atoms with van der Waals surface area (Å²) in [6.07, 6.45) is 0.501. The van der Waals surface area contributed by atoms with Crippen LogP contribution in [0.2, 0.25) is 0 Å². The monoisotopic (exact) mass is 297 g/mol. The Morgan fingerprint density at radius 3 is 2.65 bits per heavy atom. The summed E-state index contributed by atoms with van der Waals surface area (Å²) in [5.74, 6) is -2.26. The topological polar surface area (TPSA) is 50.2 Å². The van der Waals surface area contributed by atoms with Gasteiger partial charge in [0.15, 0.2) is 0 Å². The fourth-order valence-corrected chi connectivity index (χ4v) is 2.78. The van der Waals surface area contributed by atoms with Gasteiger partial charge in [0.25, 0.3) is 0 Å². The molecule has 2 rings (SSSR count). The van der Waals surface area contributed by atoms with Gasteiger partial charge in [0, 0.05) is 11.6 Å². The Morgan fingerprint density at radius 1 is 1.40 bits per heavy atom. The third-order valence-corrected chi connectivity index (χ3v) is 3.77. The Morgan fingerprint density at radius 2 is 2.10 bits per heavy atom. The fourth-order valence-electron chi connectivity index (χ4n) is 1.82. The van der Waals surface area contributed by atoms with Gasteiger partial charge < -0.3 is 5.11 Å². The maximum absolute atomic E-state index is 13.7. The van der Waals surface area contributed by atoms with E-state index >= 15 is 0 Å². The van der Waals surface area contributed by atoms with E-state index in [-0.39, 0.29) is 21.4 Å². The van der Waals surface area contributed by atoms with Crippen LogP contribution in [-0.2, 0) is 6.42 Å². The highest BCUT2D eigenvalue weighted by Gasteiger charge is 2.20. The number of aromatic carboxylic acids is 1. The molecule has 3 nitrogen and oxygen atoms in total. The normalized spacial score (nSPS) is 11.1. The minimum absolute atomic E-state index is 0.109. The molecule has 0 bridgehead atoms. The van der Waals surface area contributed by atoms with Gasteiger partial charge in [-0.15, -0.1) is 11.3 Å². The first-order valence-corrected chi connectivity index (χ1v) is 6.88. The summed E-state index contributed by atoms with van der Waals surface area (Å²) in [4.78, 5) is 15.5. The summed E-state index contributed by atoms with van der Waals surface area (Å²) in [6.45, 7) is 3.90. The quantitative estimate of drug-likeness (QED) is 0.928. The van der Waals surface area contributed by atoms with Gasteiger partial charge in [-0.05, 0) is 24.5 Å². The number of carboxylic acids is 1. The average Bonchev–Trinajstić information content (AvgIpc) is 2.71. The van der Waals surface area contributed by atoms with E-state index < -0.39 is 17.6 Å². The number of carbonyl (C=O) groups is 1. The Balaban J connectivity index is 2.49. The van der Waals surface area contributed by atoms with E-state index in [1.807, 2.05) is 13.8 Å². The van der Waals surface area contributed by atoms with Gasteiger partial charge in [-0.3, -0.25) is 0 Å². The molecule has 0 saturated carbocycles. The molecular formula is C14H13F2NO2S. The minimum atomic E-state index is -1.08. The van der Waals surface area contributed by atoms with Crippen molar-refractivity contribution in [1.29, 1.82) is 0 Å². The number of hydrogen-bond donors (Lipinski definition) is 1. The Kier molecular flexibility index (Phi) is 4.13. The SMILES string of the molecule is CC(C)Cc1nc(-c2ccc(F)cc2F)sc1C(=O)O. The summed E-state index contributed by atoms with van der Waals surface area (Å²) in [5, 5.41) is 9.43. The molecule has 2 aromatic rings. The number of aromatic nitrogens is 1. The zero-order chi connectivity index (χ0) is 14.9. The second-order valence-electron chi connectivity index (χ2n) is 4.82. The van der Waals surface area contributed by atoms with Gasteiger partial charge >= 0.3 is 5.97 Å². The summed E-state index contributed by atoms with van der Waals surface area (Å²) in [6, 6.07) is 3.16. The fraction of sp³-hybridized carbons (Fsp3) is 0.286. The van der Waals surface area contributed by atoms with Crippen molar-refractivity contribution in [3.63, 3.8) is 0 Å². The molecule has 0 unspecified atom stereocenters. The molecule has 20 heavy (non-hydrogen) atoms. The van der Waals surface area contributed by atoms with Crippen LogP contribution >= 0.6 is 11.3 Å². The lowest BCUT2D eigenvalue weighted by molar-refractivity contribution is 0.0700. The van der Waals surface area contributed by atoms with Crippen LogP contribution in [0.15, 0.2) is 18.2 Å². The van der Waals surface area contributed by atoms with Crippen molar-refractivity contribution in [3.05, 3.63) is 40.4 Å². The van der Waals surface area contributed by atoms with Crippen molar-refractivity contribution >= 4 is 17.3 Å². The molecular weight excluding hydrogens is 284 g/mol. The molecule has 0 atom stereocenters. The molecule has 106 valence electrons. The predicted octanol–water partition coefficient (Wildman–Crippen LogP) is 3.99. The van der Waals surface area contributed by atoms with Crippen LogP contribution in [0.25, 0.3) is 10.6 Å². The van der Waals surface area contributed by atoms with Crippen LogP contribution in [-0.4, -0.2) is 16.1 Å². The van der Waals surface area contributed by atoms with E-state index in [0.717, 1.165) is 23.5 Å². The maximum Gasteiger partial charge on any atom is 0.347 e. The highest BCUT2D eigenvalue weighted by atomic mass is 32.1.